The number of ketones is 1. The molecular formula is C20H32O2. The Morgan fingerprint density at radius 1 is 1.00 bits per heavy atom. The molecule has 0 saturated heterocycles. The molecule has 0 aliphatic carbocycles. The third kappa shape index (κ3) is 11.1. The summed E-state index contributed by atoms with van der Waals surface area (Å²) in [4.78, 5) is 11.9. The molecule has 0 aromatic heterocycles. The number of aliphatic hydroxyl groups is 1. The lowest BCUT2D eigenvalue weighted by atomic mass is 10.0. The minimum absolute atomic E-state index is 0.133. The van der Waals surface area contributed by atoms with E-state index in [2.05, 4.69) is 39.8 Å². The Balaban J connectivity index is 4.47. The van der Waals surface area contributed by atoms with Crippen molar-refractivity contribution in [2.75, 3.05) is 0 Å². The molecule has 2 nitrogen and oxygen atoms in total. The van der Waals surface area contributed by atoms with Crippen LogP contribution in [0.4, 0.5) is 0 Å². The van der Waals surface area contributed by atoms with Gasteiger partial charge in [-0.1, -0.05) is 35.8 Å². The fourth-order valence-electron chi connectivity index (χ4n) is 2.03. The summed E-state index contributed by atoms with van der Waals surface area (Å²) in [5.41, 5.74) is 3.58. The topological polar surface area (TPSA) is 37.3 Å². The predicted molar refractivity (Wildman–Crippen MR) is 96.0 cm³/mol. The zero-order valence-electron chi connectivity index (χ0n) is 15.1. The Morgan fingerprint density at radius 2 is 1.55 bits per heavy atom. The van der Waals surface area contributed by atoms with E-state index in [4.69, 9.17) is 0 Å². The average Bonchev–Trinajstić information content (AvgIpc) is 2.37. The van der Waals surface area contributed by atoms with Crippen molar-refractivity contribution in [1.82, 2.24) is 0 Å². The Hall–Kier alpha value is -1.57. The van der Waals surface area contributed by atoms with Gasteiger partial charge in [0.15, 0.2) is 5.76 Å². The van der Waals surface area contributed by atoms with Gasteiger partial charge in [0, 0.05) is 0 Å². The van der Waals surface area contributed by atoms with Crippen molar-refractivity contribution in [2.24, 2.45) is 5.92 Å². The monoisotopic (exact) mass is 304 g/mol. The van der Waals surface area contributed by atoms with Crippen LogP contribution in [0.1, 0.15) is 67.2 Å². The fraction of sp³-hybridized carbons (Fsp3) is 0.550. The van der Waals surface area contributed by atoms with Crippen molar-refractivity contribution in [3.8, 4) is 0 Å². The lowest BCUT2D eigenvalue weighted by Crippen LogP contribution is -2.02. The van der Waals surface area contributed by atoms with Crippen molar-refractivity contribution >= 4 is 5.78 Å². The molecule has 22 heavy (non-hydrogen) atoms. The highest BCUT2D eigenvalue weighted by Crippen LogP contribution is 2.13. The van der Waals surface area contributed by atoms with E-state index in [9.17, 15) is 9.90 Å². The fourth-order valence-corrected chi connectivity index (χ4v) is 2.03. The molecule has 0 heterocycles. The average molecular weight is 304 g/mol. The molecule has 0 aromatic carbocycles. The molecular weight excluding hydrogens is 272 g/mol. The highest BCUT2D eigenvalue weighted by atomic mass is 16.3. The van der Waals surface area contributed by atoms with E-state index in [-0.39, 0.29) is 17.5 Å². The maximum atomic E-state index is 11.9. The molecule has 0 spiro atoms. The lowest BCUT2D eigenvalue weighted by molar-refractivity contribution is -0.113. The van der Waals surface area contributed by atoms with Crippen LogP contribution in [0.5, 0.6) is 0 Å². The van der Waals surface area contributed by atoms with E-state index >= 15 is 0 Å². The zero-order valence-corrected chi connectivity index (χ0v) is 15.1. The van der Waals surface area contributed by atoms with Crippen molar-refractivity contribution < 1.29 is 9.90 Å². The van der Waals surface area contributed by atoms with Crippen LogP contribution in [0.25, 0.3) is 0 Å². The van der Waals surface area contributed by atoms with E-state index in [0.717, 1.165) is 31.3 Å². The van der Waals surface area contributed by atoms with Gasteiger partial charge in [-0.2, -0.15) is 0 Å². The molecule has 0 saturated carbocycles. The predicted octanol–water partition coefficient (Wildman–Crippen LogP) is 6.07. The van der Waals surface area contributed by atoms with Crippen LogP contribution in [-0.4, -0.2) is 10.9 Å². The van der Waals surface area contributed by atoms with Crippen LogP contribution in [0.3, 0.4) is 0 Å². The maximum absolute atomic E-state index is 11.9. The summed E-state index contributed by atoms with van der Waals surface area (Å²) < 4.78 is 0. The third-order valence-corrected chi connectivity index (χ3v) is 3.34. The summed E-state index contributed by atoms with van der Waals surface area (Å²) >= 11 is 0. The molecule has 0 rings (SSSR count). The van der Waals surface area contributed by atoms with Crippen LogP contribution in [0, 0.1) is 5.92 Å². The molecule has 0 aliphatic rings. The summed E-state index contributed by atoms with van der Waals surface area (Å²) in [6.45, 7) is 12.2. The first-order chi connectivity index (χ1) is 10.2. The van der Waals surface area contributed by atoms with E-state index in [1.807, 2.05) is 13.8 Å². The Kier molecular flexibility index (Phi) is 10.3. The molecule has 0 radical (unpaired) electrons. The first kappa shape index (κ1) is 20.4. The number of hydrogen-bond acceptors (Lipinski definition) is 2. The molecule has 1 unspecified atom stereocenters. The molecule has 2 heteroatoms. The normalized spacial score (nSPS) is 13.5. The second-order valence-electron chi connectivity index (χ2n) is 6.56. The second-order valence-corrected chi connectivity index (χ2v) is 6.56. The summed E-state index contributed by atoms with van der Waals surface area (Å²) in [5.74, 6) is -0.228. The number of carbonyl (C=O) groups is 1. The van der Waals surface area contributed by atoms with Crippen molar-refractivity contribution in [3.63, 3.8) is 0 Å². The van der Waals surface area contributed by atoms with E-state index < -0.39 is 0 Å². The van der Waals surface area contributed by atoms with Gasteiger partial charge in [-0.15, -0.1) is 0 Å². The van der Waals surface area contributed by atoms with E-state index in [1.165, 1.54) is 11.1 Å². The molecule has 0 fully saturated rings. The lowest BCUT2D eigenvalue weighted by Gasteiger charge is -2.05. The third-order valence-electron chi connectivity index (χ3n) is 3.34. The van der Waals surface area contributed by atoms with Crippen LogP contribution >= 0.6 is 0 Å². The number of carbonyl (C=O) groups excluding carboxylic acids is 1. The van der Waals surface area contributed by atoms with Gasteiger partial charge in [0.25, 0.3) is 0 Å². The highest BCUT2D eigenvalue weighted by molar-refractivity contribution is 6.02. The minimum Gasteiger partial charge on any atom is -0.504 e. The number of rotatable bonds is 9. The van der Waals surface area contributed by atoms with Gasteiger partial charge in [-0.05, 0) is 78.4 Å². The minimum atomic E-state index is -0.288. The molecule has 0 aliphatic heterocycles. The van der Waals surface area contributed by atoms with Gasteiger partial charge in [0.1, 0.15) is 0 Å². The van der Waals surface area contributed by atoms with Gasteiger partial charge in [0.05, 0.1) is 0 Å². The number of allylic oxidation sites excluding steroid dienone is 7. The first-order valence-corrected chi connectivity index (χ1v) is 8.11. The van der Waals surface area contributed by atoms with Crippen LogP contribution < -0.4 is 0 Å². The number of aliphatic hydroxyl groups excluding tert-OH is 1. The summed E-state index contributed by atoms with van der Waals surface area (Å²) in [5, 5.41) is 9.90. The van der Waals surface area contributed by atoms with Gasteiger partial charge in [0.2, 0.25) is 5.78 Å². The molecule has 0 aromatic rings. The largest absolute Gasteiger partial charge is 0.504 e. The molecule has 0 bridgehead atoms. The van der Waals surface area contributed by atoms with Gasteiger partial charge in [-0.25, -0.2) is 0 Å². The Bertz CT molecular complexity index is 468. The van der Waals surface area contributed by atoms with Gasteiger partial charge in [-0.3, -0.25) is 4.79 Å². The SMILES string of the molecule is CC(C)=CCC/C(C)=C/C(=O)/C(O)=C/C(C)CCC=C(C)C. The maximum Gasteiger partial charge on any atom is 0.219 e. The summed E-state index contributed by atoms with van der Waals surface area (Å²) in [7, 11) is 0. The van der Waals surface area contributed by atoms with Crippen LogP contribution in [0.2, 0.25) is 0 Å². The standard InChI is InChI=1S/C20H32O2/c1-15(2)9-7-11-17(5)13-19(21)20(22)14-18(6)12-8-10-16(3)4/h9-10,13-14,17,21H,7-8,11-12H2,1-6H3/b18-14+,19-13-. The zero-order chi connectivity index (χ0) is 17.1. The van der Waals surface area contributed by atoms with Crippen molar-refractivity contribution in [3.05, 3.63) is 46.8 Å². The summed E-state index contributed by atoms with van der Waals surface area (Å²) in [6, 6.07) is 0. The Labute approximate surface area is 136 Å². The molecule has 1 N–H and O–H groups in total. The smallest absolute Gasteiger partial charge is 0.219 e. The first-order valence-electron chi connectivity index (χ1n) is 8.11. The summed E-state index contributed by atoms with van der Waals surface area (Å²) in [6.07, 6.45) is 11.2. The van der Waals surface area contributed by atoms with Crippen molar-refractivity contribution in [2.45, 2.75) is 67.2 Å². The Morgan fingerprint density at radius 3 is 2.09 bits per heavy atom. The second kappa shape index (κ2) is 11.1. The van der Waals surface area contributed by atoms with E-state index in [0.29, 0.717) is 0 Å². The molecule has 0 amide bonds. The molecule has 124 valence electrons. The van der Waals surface area contributed by atoms with Crippen LogP contribution in [0.15, 0.2) is 46.8 Å². The van der Waals surface area contributed by atoms with Gasteiger partial charge >= 0.3 is 0 Å². The van der Waals surface area contributed by atoms with Gasteiger partial charge < -0.3 is 5.11 Å². The molecule has 1 atom stereocenters. The van der Waals surface area contributed by atoms with E-state index in [1.54, 1.807) is 12.2 Å². The van der Waals surface area contributed by atoms with Crippen LogP contribution in [-0.2, 0) is 4.79 Å². The highest BCUT2D eigenvalue weighted by Gasteiger charge is 2.07. The van der Waals surface area contributed by atoms with Crippen molar-refractivity contribution in [1.29, 1.82) is 0 Å². The quantitative estimate of drug-likeness (QED) is 0.319. The number of hydrogen-bond donors (Lipinski definition) is 1.